The van der Waals surface area contributed by atoms with E-state index in [0.717, 1.165) is 12.1 Å². The summed E-state index contributed by atoms with van der Waals surface area (Å²) in [7, 11) is 1.11. The highest BCUT2D eigenvalue weighted by Gasteiger charge is 2.16. The van der Waals surface area contributed by atoms with Crippen LogP contribution in [0.5, 0.6) is 5.75 Å². The molecule has 1 aromatic rings. The molecule has 0 aliphatic heterocycles. The van der Waals surface area contributed by atoms with Crippen LogP contribution in [0.3, 0.4) is 0 Å². The molecule has 5 nitrogen and oxygen atoms in total. The maximum absolute atomic E-state index is 11.0. The van der Waals surface area contributed by atoms with Crippen molar-refractivity contribution in [3.05, 3.63) is 23.3 Å². The van der Waals surface area contributed by atoms with E-state index >= 15 is 0 Å². The molecule has 1 aromatic carbocycles. The van der Waals surface area contributed by atoms with E-state index in [-0.39, 0.29) is 28.3 Å². The van der Waals surface area contributed by atoms with Crippen LogP contribution in [0.2, 0.25) is 0 Å². The lowest BCUT2D eigenvalue weighted by Crippen LogP contribution is -2.02. The minimum atomic E-state index is -3.96. The van der Waals surface area contributed by atoms with Gasteiger partial charge in [0.05, 0.1) is 16.5 Å². The number of benzene rings is 1. The molecule has 1 rings (SSSR count). The van der Waals surface area contributed by atoms with Crippen LogP contribution in [0.15, 0.2) is 17.0 Å². The van der Waals surface area contributed by atoms with Crippen LogP contribution in [0.25, 0.3) is 0 Å². The summed E-state index contributed by atoms with van der Waals surface area (Å²) in [6, 6.07) is 3.77. The summed E-state index contributed by atoms with van der Waals surface area (Å²) in [6.07, 6.45) is 0. The van der Waals surface area contributed by atoms with Gasteiger partial charge in [-0.3, -0.25) is 0 Å². The van der Waals surface area contributed by atoms with Gasteiger partial charge in [0.2, 0.25) is 0 Å². The summed E-state index contributed by atoms with van der Waals surface area (Å²) in [6.45, 7) is -0.0582. The Morgan fingerprint density at radius 1 is 1.53 bits per heavy atom. The lowest BCUT2D eigenvalue weighted by atomic mass is 10.1. The second-order valence-electron chi connectivity index (χ2n) is 2.72. The third kappa shape index (κ3) is 2.39. The Kier molecular flexibility index (Phi) is 3.19. The molecule has 7 heteroatoms. The van der Waals surface area contributed by atoms with E-state index in [0.29, 0.717) is 0 Å². The van der Waals surface area contributed by atoms with Crippen LogP contribution < -0.4 is 5.73 Å². The zero-order valence-electron chi connectivity index (χ0n) is 7.44. The fraction of sp³-hybridized carbons (Fsp3) is 0.125. The van der Waals surface area contributed by atoms with Crippen LogP contribution in [0, 0.1) is 11.3 Å². The van der Waals surface area contributed by atoms with Crippen molar-refractivity contribution in [2.24, 2.45) is 5.73 Å². The smallest absolute Gasteiger partial charge is 0.261 e. The van der Waals surface area contributed by atoms with Crippen LogP contribution in [-0.4, -0.2) is 13.5 Å². The molecular formula is C8H7ClN2O3S. The Bertz CT molecular complexity index is 534. The summed E-state index contributed by atoms with van der Waals surface area (Å²) in [5.74, 6) is -0.351. The fourth-order valence-corrected chi connectivity index (χ4v) is 1.86. The number of hydrogen-bond donors (Lipinski definition) is 2. The first kappa shape index (κ1) is 11.8. The largest absolute Gasteiger partial charge is 0.508 e. The van der Waals surface area contributed by atoms with Gasteiger partial charge in [-0.1, -0.05) is 0 Å². The van der Waals surface area contributed by atoms with E-state index in [1.807, 2.05) is 0 Å². The molecule has 0 unspecified atom stereocenters. The third-order valence-corrected chi connectivity index (χ3v) is 3.14. The highest BCUT2D eigenvalue weighted by atomic mass is 35.7. The summed E-state index contributed by atoms with van der Waals surface area (Å²) in [5, 5.41) is 18.1. The van der Waals surface area contributed by atoms with Crippen molar-refractivity contribution in [3.63, 3.8) is 0 Å². The second kappa shape index (κ2) is 4.06. The number of nitrogens with two attached hydrogens (primary N) is 1. The fourth-order valence-electron chi connectivity index (χ4n) is 1.09. The van der Waals surface area contributed by atoms with Crippen molar-refractivity contribution in [1.82, 2.24) is 0 Å². The molecule has 0 saturated carbocycles. The van der Waals surface area contributed by atoms with Gasteiger partial charge in [-0.2, -0.15) is 5.26 Å². The quantitative estimate of drug-likeness (QED) is 0.746. The van der Waals surface area contributed by atoms with Gasteiger partial charge in [0.1, 0.15) is 5.75 Å². The van der Waals surface area contributed by atoms with Gasteiger partial charge in [-0.05, 0) is 6.07 Å². The Morgan fingerprint density at radius 2 is 2.13 bits per heavy atom. The predicted molar refractivity (Wildman–Crippen MR) is 53.8 cm³/mol. The standard InChI is InChI=1S/C8H7ClN2O3S/c9-15(13,14)6-1-5(3-10)7(4-11)8(12)2-6/h1-2,12H,4,11H2. The second-order valence-corrected chi connectivity index (χ2v) is 5.29. The molecule has 0 heterocycles. The SMILES string of the molecule is N#Cc1cc(S(=O)(=O)Cl)cc(O)c1CN. The highest BCUT2D eigenvalue weighted by Crippen LogP contribution is 2.27. The van der Waals surface area contributed by atoms with E-state index in [1.165, 1.54) is 0 Å². The van der Waals surface area contributed by atoms with E-state index < -0.39 is 9.05 Å². The van der Waals surface area contributed by atoms with Gasteiger partial charge >= 0.3 is 0 Å². The van der Waals surface area contributed by atoms with Crippen LogP contribution in [-0.2, 0) is 15.6 Å². The number of nitriles is 1. The van der Waals surface area contributed by atoms with Crippen molar-refractivity contribution < 1.29 is 13.5 Å². The predicted octanol–water partition coefficient (Wildman–Crippen LogP) is 0.650. The molecule has 15 heavy (non-hydrogen) atoms. The van der Waals surface area contributed by atoms with Crippen molar-refractivity contribution in [1.29, 1.82) is 5.26 Å². The van der Waals surface area contributed by atoms with Gasteiger partial charge in [-0.25, -0.2) is 8.42 Å². The minimum Gasteiger partial charge on any atom is -0.508 e. The molecule has 0 saturated heterocycles. The van der Waals surface area contributed by atoms with Crippen LogP contribution >= 0.6 is 10.7 Å². The Hall–Kier alpha value is -1.29. The number of hydrogen-bond acceptors (Lipinski definition) is 5. The van der Waals surface area contributed by atoms with E-state index in [2.05, 4.69) is 0 Å². The molecule has 0 radical (unpaired) electrons. The number of phenolic OH excluding ortho intramolecular Hbond substituents is 1. The maximum atomic E-state index is 11.0. The Morgan fingerprint density at radius 3 is 2.53 bits per heavy atom. The molecule has 0 atom stereocenters. The van der Waals surface area contributed by atoms with Gasteiger partial charge in [0.25, 0.3) is 9.05 Å². The van der Waals surface area contributed by atoms with Crippen LogP contribution in [0.4, 0.5) is 0 Å². The summed E-state index contributed by atoms with van der Waals surface area (Å²) in [5.41, 5.74) is 5.49. The number of nitrogens with zero attached hydrogens (tertiary/aromatic N) is 1. The van der Waals surface area contributed by atoms with Crippen molar-refractivity contribution >= 4 is 19.7 Å². The number of aromatic hydroxyl groups is 1. The molecule has 0 fully saturated rings. The first-order valence-electron chi connectivity index (χ1n) is 3.81. The van der Waals surface area contributed by atoms with Crippen molar-refractivity contribution in [2.45, 2.75) is 11.4 Å². The van der Waals surface area contributed by atoms with E-state index in [9.17, 15) is 13.5 Å². The monoisotopic (exact) mass is 246 g/mol. The lowest BCUT2D eigenvalue weighted by molar-refractivity contribution is 0.466. The molecule has 0 aliphatic carbocycles. The molecular weight excluding hydrogens is 240 g/mol. The molecule has 80 valence electrons. The summed E-state index contributed by atoms with van der Waals surface area (Å²) < 4.78 is 21.9. The number of phenols is 1. The lowest BCUT2D eigenvalue weighted by Gasteiger charge is -2.05. The molecule has 0 spiro atoms. The zero-order chi connectivity index (χ0) is 11.6. The van der Waals surface area contributed by atoms with Gasteiger partial charge in [0.15, 0.2) is 0 Å². The third-order valence-electron chi connectivity index (χ3n) is 1.81. The van der Waals surface area contributed by atoms with E-state index in [1.54, 1.807) is 6.07 Å². The Balaban J connectivity index is 3.55. The average Bonchev–Trinajstić information content (AvgIpc) is 2.15. The van der Waals surface area contributed by atoms with Gasteiger partial charge < -0.3 is 10.8 Å². The number of rotatable bonds is 2. The maximum Gasteiger partial charge on any atom is 0.261 e. The van der Waals surface area contributed by atoms with Gasteiger partial charge in [0, 0.05) is 28.9 Å². The van der Waals surface area contributed by atoms with Gasteiger partial charge in [-0.15, -0.1) is 0 Å². The first-order valence-corrected chi connectivity index (χ1v) is 6.11. The Labute approximate surface area is 91.1 Å². The summed E-state index contributed by atoms with van der Waals surface area (Å²) >= 11 is 0. The molecule has 0 amide bonds. The first-order chi connectivity index (χ1) is 6.90. The average molecular weight is 247 g/mol. The minimum absolute atomic E-state index is 0.00303. The van der Waals surface area contributed by atoms with Crippen molar-refractivity contribution in [2.75, 3.05) is 0 Å². The van der Waals surface area contributed by atoms with Crippen molar-refractivity contribution in [3.8, 4) is 11.8 Å². The molecule has 0 bridgehead atoms. The highest BCUT2D eigenvalue weighted by molar-refractivity contribution is 8.13. The number of halogens is 1. The topological polar surface area (TPSA) is 104 Å². The van der Waals surface area contributed by atoms with Crippen LogP contribution in [0.1, 0.15) is 11.1 Å². The normalized spacial score (nSPS) is 11.0. The van der Waals surface area contributed by atoms with E-state index in [4.69, 9.17) is 21.7 Å². The summed E-state index contributed by atoms with van der Waals surface area (Å²) in [4.78, 5) is -0.324. The molecule has 0 aliphatic rings. The molecule has 3 N–H and O–H groups in total. The molecule has 0 aromatic heterocycles. The zero-order valence-corrected chi connectivity index (χ0v) is 9.01.